The second kappa shape index (κ2) is 9.71. The molecule has 216 valence electrons. The molecule has 0 heterocycles. The fourth-order valence-electron chi connectivity index (χ4n) is 6.79. The molecule has 4 atom stereocenters. The van der Waals surface area contributed by atoms with E-state index in [4.69, 9.17) is 5.73 Å². The largest absolute Gasteiger partial charge is 0.508 e. The molecular formula is C30H32FN3O7. The maximum atomic E-state index is 16.1. The first kappa shape index (κ1) is 28.3. The maximum absolute atomic E-state index is 16.1. The van der Waals surface area contributed by atoms with Crippen LogP contribution in [0.3, 0.4) is 0 Å². The van der Waals surface area contributed by atoms with Crippen molar-refractivity contribution in [2.75, 3.05) is 26.0 Å². The number of aryl methyl sites for hydroxylation is 1. The van der Waals surface area contributed by atoms with Crippen molar-refractivity contribution in [3.05, 3.63) is 75.3 Å². The average molecular weight is 566 g/mol. The lowest BCUT2D eigenvalue weighted by Gasteiger charge is -2.50. The van der Waals surface area contributed by atoms with Crippen LogP contribution < -0.4 is 10.6 Å². The molecule has 6 N–H and O–H groups in total. The molecule has 1 amide bonds. The number of hydrogen-bond acceptors (Lipinski definition) is 9. The Morgan fingerprint density at radius 1 is 1.15 bits per heavy atom. The van der Waals surface area contributed by atoms with E-state index in [9.17, 15) is 34.8 Å². The van der Waals surface area contributed by atoms with Gasteiger partial charge >= 0.3 is 0 Å². The third-order valence-electron chi connectivity index (χ3n) is 8.66. The van der Waals surface area contributed by atoms with E-state index in [0.717, 1.165) is 11.3 Å². The van der Waals surface area contributed by atoms with Crippen molar-refractivity contribution in [2.45, 2.75) is 38.0 Å². The first-order chi connectivity index (χ1) is 19.2. The summed E-state index contributed by atoms with van der Waals surface area (Å²) in [5.41, 5.74) is 3.13. The first-order valence-corrected chi connectivity index (χ1v) is 13.2. The summed E-state index contributed by atoms with van der Waals surface area (Å²) in [5.74, 6) is -8.37. The fraction of sp³-hybridized carbons (Fsp3) is 0.367. The highest BCUT2D eigenvalue weighted by Gasteiger charge is 2.64. The molecule has 1 fully saturated rings. The van der Waals surface area contributed by atoms with Crippen LogP contribution in [-0.4, -0.2) is 75.6 Å². The predicted octanol–water partition coefficient (Wildman–Crippen LogP) is 2.05. The number of ketones is 2. The standard InChI is InChI=1S/C30H32FN3O7/c1-13-7-5-6-8-18(13)34(4)12-15-11-19(35)21-16(23(15)31)9-14-10-17-24(33(2)3)26(37)22(29(32)40)28(39)30(17,41)27(38)20(14)25(21)36/h5-8,11,14,17,24,35-36,39,41H,9-10,12H2,1-4H3,(H2,32,40)/t14-,17-,24-,30-/m0/s1. The number of phenols is 1. The molecule has 0 saturated heterocycles. The Morgan fingerprint density at radius 3 is 2.41 bits per heavy atom. The average Bonchev–Trinajstić information content (AvgIpc) is 2.88. The molecule has 11 heteroatoms. The van der Waals surface area contributed by atoms with Gasteiger partial charge in [-0.25, -0.2) is 4.39 Å². The lowest BCUT2D eigenvalue weighted by molar-refractivity contribution is -0.153. The molecule has 3 aliphatic rings. The van der Waals surface area contributed by atoms with Gasteiger partial charge in [0.15, 0.2) is 11.4 Å². The van der Waals surface area contributed by atoms with Crippen LogP contribution in [0.4, 0.5) is 10.1 Å². The number of aromatic hydroxyl groups is 1. The Morgan fingerprint density at radius 2 is 1.80 bits per heavy atom. The zero-order valence-electron chi connectivity index (χ0n) is 23.1. The number of rotatable bonds is 5. The van der Waals surface area contributed by atoms with Crippen LogP contribution in [0.15, 0.2) is 47.2 Å². The Hall–Kier alpha value is -4.22. The number of halogens is 1. The molecule has 2 aromatic rings. The van der Waals surface area contributed by atoms with Gasteiger partial charge in [-0.1, -0.05) is 18.2 Å². The smallest absolute Gasteiger partial charge is 0.255 e. The molecule has 3 aliphatic carbocycles. The van der Waals surface area contributed by atoms with Crippen LogP contribution in [0.2, 0.25) is 0 Å². The summed E-state index contributed by atoms with van der Waals surface area (Å²) in [6.45, 7) is 2.03. The number of aliphatic hydroxyl groups excluding tert-OH is 2. The predicted molar refractivity (Wildman–Crippen MR) is 147 cm³/mol. The number of primary amides is 1. The number of Topliss-reactive ketones (excluding diaryl/α,β-unsaturated/α-hetero) is 2. The van der Waals surface area contributed by atoms with E-state index in [1.54, 1.807) is 7.05 Å². The van der Waals surface area contributed by atoms with Crippen LogP contribution in [0.25, 0.3) is 5.76 Å². The van der Waals surface area contributed by atoms with E-state index in [1.165, 1.54) is 25.1 Å². The second-order valence-corrected chi connectivity index (χ2v) is 11.3. The molecule has 41 heavy (non-hydrogen) atoms. The molecule has 10 nitrogen and oxygen atoms in total. The van der Waals surface area contributed by atoms with E-state index >= 15 is 4.39 Å². The van der Waals surface area contributed by atoms with E-state index in [0.29, 0.717) is 0 Å². The summed E-state index contributed by atoms with van der Waals surface area (Å²) >= 11 is 0. The molecule has 0 spiro atoms. The van der Waals surface area contributed by atoms with Crippen LogP contribution in [0, 0.1) is 24.6 Å². The van der Waals surface area contributed by atoms with Gasteiger partial charge in [0.25, 0.3) is 5.91 Å². The monoisotopic (exact) mass is 565 g/mol. The highest BCUT2D eigenvalue weighted by Crippen LogP contribution is 2.53. The highest BCUT2D eigenvalue weighted by atomic mass is 19.1. The number of carbonyl (C=O) groups is 3. The van der Waals surface area contributed by atoms with Crippen molar-refractivity contribution in [1.82, 2.24) is 4.90 Å². The van der Waals surface area contributed by atoms with E-state index in [2.05, 4.69) is 0 Å². The molecule has 5 rings (SSSR count). The number of carbonyl (C=O) groups excluding carboxylic acids is 3. The summed E-state index contributed by atoms with van der Waals surface area (Å²) in [6, 6.07) is 7.55. The topological polar surface area (TPSA) is 165 Å². The van der Waals surface area contributed by atoms with Crippen molar-refractivity contribution in [3.8, 4) is 5.75 Å². The molecular weight excluding hydrogens is 533 g/mol. The summed E-state index contributed by atoms with van der Waals surface area (Å²) in [4.78, 5) is 42.4. The van der Waals surface area contributed by atoms with Gasteiger partial charge in [-0.05, 0) is 57.5 Å². The number of para-hydroxylation sites is 1. The summed E-state index contributed by atoms with van der Waals surface area (Å²) < 4.78 is 16.1. The minimum Gasteiger partial charge on any atom is -0.508 e. The van der Waals surface area contributed by atoms with Crippen molar-refractivity contribution < 1.29 is 39.2 Å². The van der Waals surface area contributed by atoms with Crippen molar-refractivity contribution in [3.63, 3.8) is 0 Å². The van der Waals surface area contributed by atoms with E-state index in [-0.39, 0.29) is 41.6 Å². The number of benzene rings is 2. The number of fused-ring (bicyclic) bond motifs is 3. The van der Waals surface area contributed by atoms with Gasteiger partial charge in [-0.3, -0.25) is 19.3 Å². The second-order valence-electron chi connectivity index (χ2n) is 11.3. The zero-order valence-corrected chi connectivity index (χ0v) is 23.1. The van der Waals surface area contributed by atoms with Gasteiger partial charge in [0, 0.05) is 41.9 Å². The minimum atomic E-state index is -2.74. The van der Waals surface area contributed by atoms with Gasteiger partial charge in [-0.2, -0.15) is 0 Å². The minimum absolute atomic E-state index is 0.00352. The molecule has 0 aliphatic heterocycles. The van der Waals surface area contributed by atoms with E-state index < -0.39 is 69.6 Å². The summed E-state index contributed by atoms with van der Waals surface area (Å²) in [7, 11) is 4.82. The Labute approximate surface area is 235 Å². The fourth-order valence-corrected chi connectivity index (χ4v) is 6.79. The van der Waals surface area contributed by atoms with Crippen LogP contribution in [0.5, 0.6) is 5.75 Å². The van der Waals surface area contributed by atoms with Gasteiger partial charge in [0.05, 0.1) is 11.6 Å². The Kier molecular flexibility index (Phi) is 6.70. The van der Waals surface area contributed by atoms with Crippen molar-refractivity contribution in [2.24, 2.45) is 17.6 Å². The van der Waals surface area contributed by atoms with Gasteiger partial charge < -0.3 is 31.1 Å². The number of phenolic OH excluding ortho intramolecular Hbond substituents is 1. The summed E-state index contributed by atoms with van der Waals surface area (Å²) in [6.07, 6.45) is -0.227. The Balaban J connectivity index is 1.63. The number of likely N-dealkylation sites (N-methyl/N-ethyl adjacent to an activating group) is 1. The van der Waals surface area contributed by atoms with Crippen molar-refractivity contribution >= 4 is 28.9 Å². The van der Waals surface area contributed by atoms with Gasteiger partial charge in [0.2, 0.25) is 5.78 Å². The van der Waals surface area contributed by atoms with Gasteiger partial charge in [0.1, 0.15) is 28.7 Å². The Bertz CT molecular complexity index is 1580. The van der Waals surface area contributed by atoms with Crippen LogP contribution in [-0.2, 0) is 27.3 Å². The van der Waals surface area contributed by atoms with Crippen LogP contribution in [0.1, 0.15) is 28.7 Å². The molecule has 0 unspecified atom stereocenters. The summed E-state index contributed by atoms with van der Waals surface area (Å²) in [5, 5.41) is 44.7. The highest BCUT2D eigenvalue weighted by molar-refractivity contribution is 6.24. The molecule has 0 bridgehead atoms. The lowest BCUT2D eigenvalue weighted by Crippen LogP contribution is -2.65. The number of amides is 1. The SMILES string of the molecule is Cc1ccccc1N(C)Cc1cc(O)c2c(c1F)C[C@H]1C[C@H]3[C@H](N(C)C)C(=O)C(C(N)=O)=C(O)[C@@]3(O)C(=O)C1=C2O. The molecule has 2 aromatic carbocycles. The number of nitrogens with zero attached hydrogens (tertiary/aromatic N) is 2. The van der Waals surface area contributed by atoms with Gasteiger partial charge in [-0.15, -0.1) is 0 Å². The molecule has 1 saturated carbocycles. The number of nitrogens with two attached hydrogens (primary N) is 1. The number of hydrogen-bond donors (Lipinski definition) is 5. The number of anilines is 1. The van der Waals surface area contributed by atoms with E-state index in [1.807, 2.05) is 36.1 Å². The third-order valence-corrected chi connectivity index (χ3v) is 8.66. The maximum Gasteiger partial charge on any atom is 0.255 e. The lowest BCUT2D eigenvalue weighted by atomic mass is 9.57. The molecule has 0 aromatic heterocycles. The van der Waals surface area contributed by atoms with Crippen molar-refractivity contribution in [1.29, 1.82) is 0 Å². The first-order valence-electron chi connectivity index (χ1n) is 13.2. The third kappa shape index (κ3) is 4.02. The quantitative estimate of drug-likeness (QED) is 0.341. The zero-order chi connectivity index (χ0) is 30.1. The normalized spacial score (nSPS) is 25.7. The number of aliphatic hydroxyl groups is 3. The van der Waals surface area contributed by atoms with Crippen LogP contribution >= 0.6 is 0 Å². The molecule has 0 radical (unpaired) electrons.